The molecule has 98 valence electrons. The molecule has 0 radical (unpaired) electrons. The Kier molecular flexibility index (Phi) is 3.45. The third-order valence-corrected chi connectivity index (χ3v) is 3.92. The fraction of sp³-hybridized carbons (Fsp3) is 0.400. The lowest BCUT2D eigenvalue weighted by Crippen LogP contribution is -2.04. The molecular weight excluding hydrogens is 282 g/mol. The minimum atomic E-state index is -4.07. The van der Waals surface area contributed by atoms with Crippen LogP contribution in [0.1, 0.15) is 12.8 Å². The van der Waals surface area contributed by atoms with Crippen molar-refractivity contribution in [3.8, 4) is 5.75 Å². The van der Waals surface area contributed by atoms with Gasteiger partial charge in [-0.2, -0.15) is 0 Å². The van der Waals surface area contributed by atoms with Crippen LogP contribution in [0.4, 0.5) is 5.69 Å². The summed E-state index contributed by atoms with van der Waals surface area (Å²) < 4.78 is 28.0. The SMILES string of the molecule is O=[N+]([O-])c1ccc(OCC2CC2)c(S(=O)(=O)Cl)c1. The Labute approximate surface area is 108 Å². The number of benzene rings is 1. The fourth-order valence-corrected chi connectivity index (χ4v) is 2.40. The van der Waals surface area contributed by atoms with Crippen LogP contribution < -0.4 is 4.74 Å². The molecule has 0 unspecified atom stereocenters. The molecule has 0 amide bonds. The fourth-order valence-electron chi connectivity index (χ4n) is 1.41. The topological polar surface area (TPSA) is 86.5 Å². The average Bonchev–Trinajstić information content (AvgIpc) is 3.08. The summed E-state index contributed by atoms with van der Waals surface area (Å²) in [7, 11) is 1.17. The van der Waals surface area contributed by atoms with Crippen LogP contribution in [0.3, 0.4) is 0 Å². The molecule has 0 spiro atoms. The van der Waals surface area contributed by atoms with E-state index in [9.17, 15) is 18.5 Å². The van der Waals surface area contributed by atoms with Crippen molar-refractivity contribution in [3.05, 3.63) is 28.3 Å². The molecule has 1 aromatic rings. The van der Waals surface area contributed by atoms with E-state index in [4.69, 9.17) is 15.4 Å². The largest absolute Gasteiger partial charge is 0.492 e. The van der Waals surface area contributed by atoms with Gasteiger partial charge < -0.3 is 4.74 Å². The van der Waals surface area contributed by atoms with Gasteiger partial charge in [-0.3, -0.25) is 10.1 Å². The molecular formula is C10H10ClNO5S. The van der Waals surface area contributed by atoms with Gasteiger partial charge >= 0.3 is 0 Å². The summed E-state index contributed by atoms with van der Waals surface area (Å²) in [6, 6.07) is 3.36. The molecule has 1 aromatic carbocycles. The van der Waals surface area contributed by atoms with Crippen molar-refractivity contribution in [2.45, 2.75) is 17.7 Å². The number of nitro groups is 1. The highest BCUT2D eigenvalue weighted by atomic mass is 35.7. The van der Waals surface area contributed by atoms with E-state index in [1.165, 1.54) is 12.1 Å². The van der Waals surface area contributed by atoms with Gasteiger partial charge in [0, 0.05) is 22.8 Å². The van der Waals surface area contributed by atoms with Crippen LogP contribution in [0.25, 0.3) is 0 Å². The standard InChI is InChI=1S/C10H10ClNO5S/c11-18(15,16)10-5-8(12(13)14)3-4-9(10)17-6-7-1-2-7/h3-5,7H,1-2,6H2. The van der Waals surface area contributed by atoms with Crippen molar-refractivity contribution in [3.63, 3.8) is 0 Å². The maximum Gasteiger partial charge on any atom is 0.271 e. The summed E-state index contributed by atoms with van der Waals surface area (Å²) in [4.78, 5) is 9.55. The van der Waals surface area contributed by atoms with Gasteiger partial charge in [-0.15, -0.1) is 0 Å². The lowest BCUT2D eigenvalue weighted by atomic mass is 10.3. The molecule has 8 heteroatoms. The summed E-state index contributed by atoms with van der Waals surface area (Å²) in [5, 5.41) is 10.6. The molecule has 6 nitrogen and oxygen atoms in total. The van der Waals surface area contributed by atoms with Crippen molar-refractivity contribution in [2.75, 3.05) is 6.61 Å². The first-order valence-corrected chi connectivity index (χ1v) is 7.55. The predicted octanol–water partition coefficient (Wildman–Crippen LogP) is 2.31. The number of nitro benzene ring substituents is 1. The Morgan fingerprint density at radius 2 is 2.11 bits per heavy atom. The first-order valence-electron chi connectivity index (χ1n) is 5.24. The van der Waals surface area contributed by atoms with Gasteiger partial charge in [0.15, 0.2) is 0 Å². The summed E-state index contributed by atoms with van der Waals surface area (Å²) in [5.74, 6) is 0.494. The first kappa shape index (κ1) is 13.1. The van der Waals surface area contributed by atoms with E-state index in [2.05, 4.69) is 0 Å². The molecule has 1 aliphatic carbocycles. The van der Waals surface area contributed by atoms with Crippen molar-refractivity contribution in [1.82, 2.24) is 0 Å². The zero-order valence-electron chi connectivity index (χ0n) is 9.21. The van der Waals surface area contributed by atoms with Gasteiger partial charge in [-0.1, -0.05) is 0 Å². The van der Waals surface area contributed by atoms with E-state index < -0.39 is 14.0 Å². The summed E-state index contributed by atoms with van der Waals surface area (Å²) in [6.45, 7) is 0.400. The van der Waals surface area contributed by atoms with Gasteiger partial charge in [0.25, 0.3) is 14.7 Å². The van der Waals surface area contributed by atoms with Crippen LogP contribution >= 0.6 is 10.7 Å². The van der Waals surface area contributed by atoms with Crippen LogP contribution in [-0.2, 0) is 9.05 Å². The van der Waals surface area contributed by atoms with E-state index in [0.29, 0.717) is 12.5 Å². The molecule has 1 fully saturated rings. The maximum absolute atomic E-state index is 11.4. The van der Waals surface area contributed by atoms with Crippen molar-refractivity contribution >= 4 is 25.4 Å². The van der Waals surface area contributed by atoms with Crippen LogP contribution in [0.15, 0.2) is 23.1 Å². The monoisotopic (exact) mass is 291 g/mol. The minimum Gasteiger partial charge on any atom is -0.492 e. The van der Waals surface area contributed by atoms with Gasteiger partial charge in [0.05, 0.1) is 11.5 Å². The lowest BCUT2D eigenvalue weighted by molar-refractivity contribution is -0.385. The van der Waals surface area contributed by atoms with Crippen LogP contribution in [0.2, 0.25) is 0 Å². The number of hydrogen-bond acceptors (Lipinski definition) is 5. The number of halogens is 1. The highest BCUT2D eigenvalue weighted by molar-refractivity contribution is 8.13. The highest BCUT2D eigenvalue weighted by Gasteiger charge is 2.25. The van der Waals surface area contributed by atoms with Crippen LogP contribution in [0, 0.1) is 16.0 Å². The van der Waals surface area contributed by atoms with E-state index >= 15 is 0 Å². The highest BCUT2D eigenvalue weighted by Crippen LogP contribution is 2.34. The van der Waals surface area contributed by atoms with Crippen molar-refractivity contribution < 1.29 is 18.1 Å². The molecule has 0 atom stereocenters. The average molecular weight is 292 g/mol. The molecule has 18 heavy (non-hydrogen) atoms. The molecule has 0 bridgehead atoms. The van der Waals surface area contributed by atoms with Crippen LogP contribution in [-0.4, -0.2) is 19.9 Å². The van der Waals surface area contributed by atoms with Gasteiger partial charge in [-0.25, -0.2) is 8.42 Å². The first-order chi connectivity index (χ1) is 8.38. The molecule has 2 rings (SSSR count). The Hall–Kier alpha value is -1.34. The molecule has 0 aliphatic heterocycles. The number of nitrogens with zero attached hydrogens (tertiary/aromatic N) is 1. The van der Waals surface area contributed by atoms with E-state index in [0.717, 1.165) is 18.9 Å². The molecule has 0 N–H and O–H groups in total. The Bertz CT molecular complexity index is 582. The third-order valence-electron chi connectivity index (χ3n) is 2.57. The molecule has 0 heterocycles. The van der Waals surface area contributed by atoms with Gasteiger partial charge in [0.1, 0.15) is 10.6 Å². The maximum atomic E-state index is 11.4. The number of hydrogen-bond donors (Lipinski definition) is 0. The smallest absolute Gasteiger partial charge is 0.271 e. The lowest BCUT2D eigenvalue weighted by Gasteiger charge is -2.08. The summed E-state index contributed by atoms with van der Waals surface area (Å²) >= 11 is 0. The quantitative estimate of drug-likeness (QED) is 0.472. The Morgan fingerprint density at radius 1 is 1.44 bits per heavy atom. The zero-order chi connectivity index (χ0) is 13.3. The molecule has 1 aliphatic rings. The van der Waals surface area contributed by atoms with Gasteiger partial charge in [0.2, 0.25) is 0 Å². The number of ether oxygens (including phenoxy) is 1. The predicted molar refractivity (Wildman–Crippen MR) is 64.4 cm³/mol. The van der Waals surface area contributed by atoms with Gasteiger partial charge in [-0.05, 0) is 24.8 Å². The molecule has 1 saturated carbocycles. The minimum absolute atomic E-state index is 0.0579. The second-order valence-corrected chi connectivity index (χ2v) is 6.61. The molecule has 0 aromatic heterocycles. The van der Waals surface area contributed by atoms with E-state index in [1.54, 1.807) is 0 Å². The summed E-state index contributed by atoms with van der Waals surface area (Å²) in [6.07, 6.45) is 2.10. The Balaban J connectivity index is 2.34. The van der Waals surface area contributed by atoms with Crippen molar-refractivity contribution in [1.29, 1.82) is 0 Å². The van der Waals surface area contributed by atoms with E-state index in [-0.39, 0.29) is 16.3 Å². The zero-order valence-corrected chi connectivity index (χ0v) is 10.8. The normalized spacial score (nSPS) is 15.4. The Morgan fingerprint density at radius 3 is 2.61 bits per heavy atom. The number of rotatable bonds is 5. The van der Waals surface area contributed by atoms with Crippen LogP contribution in [0.5, 0.6) is 5.75 Å². The number of non-ortho nitro benzene ring substituents is 1. The molecule has 0 saturated heterocycles. The second-order valence-electron chi connectivity index (χ2n) is 4.08. The summed E-state index contributed by atoms with van der Waals surface area (Å²) in [5.41, 5.74) is -0.340. The third kappa shape index (κ3) is 3.11. The second kappa shape index (κ2) is 4.74. The van der Waals surface area contributed by atoms with E-state index in [1.807, 2.05) is 0 Å². The van der Waals surface area contributed by atoms with Crippen molar-refractivity contribution in [2.24, 2.45) is 5.92 Å².